The lowest BCUT2D eigenvalue weighted by atomic mass is 9.73. The molecule has 1 N–H and O–H groups in total. The van der Waals surface area contributed by atoms with Gasteiger partial charge in [0.1, 0.15) is 36.9 Å². The molecule has 2 saturated heterocycles. The molecule has 2 fully saturated rings. The highest BCUT2D eigenvalue weighted by atomic mass is 16.6. The molecule has 2 unspecified atom stereocenters. The lowest BCUT2D eigenvalue weighted by Gasteiger charge is -2.31. The van der Waals surface area contributed by atoms with Crippen molar-refractivity contribution < 1.29 is 28.8 Å². The average molecular weight is 398 g/mol. The van der Waals surface area contributed by atoms with Crippen LogP contribution in [0.1, 0.15) is 30.9 Å². The number of hydrogen-bond acceptors (Lipinski definition) is 5. The van der Waals surface area contributed by atoms with E-state index in [0.717, 1.165) is 35.8 Å². The Hall–Kier alpha value is -2.57. The number of benzene rings is 2. The summed E-state index contributed by atoms with van der Waals surface area (Å²) in [6, 6.07) is 15.8. The van der Waals surface area contributed by atoms with Crippen LogP contribution in [0.2, 0.25) is 0 Å². The van der Waals surface area contributed by atoms with Crippen molar-refractivity contribution in [3.8, 4) is 11.5 Å². The maximum absolute atomic E-state index is 11.3. The predicted octanol–water partition coefficient (Wildman–Crippen LogP) is 3.41. The molecule has 4 rings (SSSR count). The van der Waals surface area contributed by atoms with Gasteiger partial charge in [0.15, 0.2) is 0 Å². The number of aliphatic carboxylic acids is 1. The van der Waals surface area contributed by atoms with E-state index in [1.54, 1.807) is 0 Å². The van der Waals surface area contributed by atoms with Gasteiger partial charge in [-0.05, 0) is 41.8 Å². The normalized spacial score (nSPS) is 21.8. The first kappa shape index (κ1) is 19.7. The van der Waals surface area contributed by atoms with Crippen LogP contribution in [0.15, 0.2) is 48.5 Å². The molecule has 0 bridgehead atoms. The molecule has 2 heterocycles. The van der Waals surface area contributed by atoms with Crippen molar-refractivity contribution in [3.05, 3.63) is 59.7 Å². The SMILES string of the molecule is CC(CCC(=O)O)(c1ccc(OCC2CO2)cc1)c1ccc(OCC2CO2)cc1. The first-order valence-electron chi connectivity index (χ1n) is 9.94. The molecule has 2 aliphatic rings. The van der Waals surface area contributed by atoms with Crippen molar-refractivity contribution in [2.75, 3.05) is 26.4 Å². The van der Waals surface area contributed by atoms with E-state index in [-0.39, 0.29) is 18.6 Å². The highest BCUT2D eigenvalue weighted by molar-refractivity contribution is 5.67. The van der Waals surface area contributed by atoms with Gasteiger partial charge in [0.25, 0.3) is 0 Å². The van der Waals surface area contributed by atoms with Crippen molar-refractivity contribution >= 4 is 5.97 Å². The van der Waals surface area contributed by atoms with Crippen LogP contribution >= 0.6 is 0 Å². The average Bonchev–Trinajstić information content (AvgIpc) is 3.64. The minimum atomic E-state index is -0.801. The summed E-state index contributed by atoms with van der Waals surface area (Å²) < 4.78 is 21.8. The number of carboxylic acid groups (broad SMARTS) is 1. The first-order chi connectivity index (χ1) is 14.0. The Morgan fingerprint density at radius 1 is 0.931 bits per heavy atom. The Kier molecular flexibility index (Phi) is 5.74. The molecule has 0 amide bonds. The summed E-state index contributed by atoms with van der Waals surface area (Å²) in [5.41, 5.74) is 1.66. The molecule has 2 atom stereocenters. The van der Waals surface area contributed by atoms with E-state index in [0.29, 0.717) is 19.6 Å². The van der Waals surface area contributed by atoms with Gasteiger partial charge < -0.3 is 24.1 Å². The van der Waals surface area contributed by atoms with Crippen LogP contribution in [-0.2, 0) is 19.7 Å². The third kappa shape index (κ3) is 5.28. The molecule has 0 spiro atoms. The zero-order chi connectivity index (χ0) is 20.3. The molecule has 0 aliphatic carbocycles. The van der Waals surface area contributed by atoms with Gasteiger partial charge in [-0.1, -0.05) is 31.2 Å². The van der Waals surface area contributed by atoms with Crippen LogP contribution in [0.3, 0.4) is 0 Å². The second kappa shape index (κ2) is 8.43. The van der Waals surface area contributed by atoms with Gasteiger partial charge in [-0.15, -0.1) is 0 Å². The third-order valence-corrected chi connectivity index (χ3v) is 5.50. The van der Waals surface area contributed by atoms with Crippen molar-refractivity contribution in [1.29, 1.82) is 0 Å². The molecule has 2 aliphatic heterocycles. The second-order valence-corrected chi connectivity index (χ2v) is 7.81. The maximum Gasteiger partial charge on any atom is 0.303 e. The number of rotatable bonds is 11. The van der Waals surface area contributed by atoms with E-state index in [9.17, 15) is 9.90 Å². The molecular weight excluding hydrogens is 372 g/mol. The number of hydrogen-bond donors (Lipinski definition) is 1. The maximum atomic E-state index is 11.3. The van der Waals surface area contributed by atoms with Crippen LogP contribution in [-0.4, -0.2) is 49.7 Å². The fourth-order valence-corrected chi connectivity index (χ4v) is 3.36. The monoisotopic (exact) mass is 398 g/mol. The summed E-state index contributed by atoms with van der Waals surface area (Å²) in [6.07, 6.45) is 1.00. The number of ether oxygens (including phenoxy) is 4. The topological polar surface area (TPSA) is 80.8 Å². The summed E-state index contributed by atoms with van der Waals surface area (Å²) >= 11 is 0. The highest BCUT2D eigenvalue weighted by Gasteiger charge is 2.30. The number of carboxylic acids is 1. The quantitative estimate of drug-likeness (QED) is 0.584. The molecule has 2 aromatic rings. The van der Waals surface area contributed by atoms with Crippen molar-refractivity contribution in [3.63, 3.8) is 0 Å². The third-order valence-electron chi connectivity index (χ3n) is 5.50. The molecule has 6 nitrogen and oxygen atoms in total. The molecule has 0 saturated carbocycles. The fourth-order valence-electron chi connectivity index (χ4n) is 3.36. The Bertz CT molecular complexity index is 762. The number of epoxide rings is 2. The zero-order valence-corrected chi connectivity index (χ0v) is 16.5. The highest BCUT2D eigenvalue weighted by Crippen LogP contribution is 2.38. The van der Waals surface area contributed by atoms with E-state index in [4.69, 9.17) is 18.9 Å². The Labute approximate surface area is 170 Å². The van der Waals surface area contributed by atoms with Gasteiger partial charge in [0.2, 0.25) is 0 Å². The van der Waals surface area contributed by atoms with Crippen LogP contribution in [0, 0.1) is 0 Å². The molecule has 29 heavy (non-hydrogen) atoms. The molecule has 0 aromatic heterocycles. The van der Waals surface area contributed by atoms with E-state index in [2.05, 4.69) is 6.92 Å². The summed E-state index contributed by atoms with van der Waals surface area (Å²) in [5.74, 6) is 0.775. The Balaban J connectivity index is 1.51. The Morgan fingerprint density at radius 2 is 1.34 bits per heavy atom. The van der Waals surface area contributed by atoms with Gasteiger partial charge in [0, 0.05) is 11.8 Å². The van der Waals surface area contributed by atoms with Gasteiger partial charge in [-0.3, -0.25) is 4.79 Å². The summed E-state index contributed by atoms with van der Waals surface area (Å²) in [7, 11) is 0. The molecular formula is C23H26O6. The molecule has 2 aromatic carbocycles. The van der Waals surface area contributed by atoms with Crippen LogP contribution in [0.5, 0.6) is 11.5 Å². The van der Waals surface area contributed by atoms with Gasteiger partial charge in [0.05, 0.1) is 13.2 Å². The second-order valence-electron chi connectivity index (χ2n) is 7.81. The van der Waals surface area contributed by atoms with Crippen LogP contribution in [0.4, 0.5) is 0 Å². The predicted molar refractivity (Wildman–Crippen MR) is 107 cm³/mol. The smallest absolute Gasteiger partial charge is 0.303 e. The zero-order valence-electron chi connectivity index (χ0n) is 16.5. The van der Waals surface area contributed by atoms with E-state index in [1.807, 2.05) is 48.5 Å². The summed E-state index contributed by atoms with van der Waals surface area (Å²) in [4.78, 5) is 11.3. The summed E-state index contributed by atoms with van der Waals surface area (Å²) in [6.45, 7) is 4.72. The van der Waals surface area contributed by atoms with E-state index >= 15 is 0 Å². The van der Waals surface area contributed by atoms with E-state index in [1.165, 1.54) is 0 Å². The van der Waals surface area contributed by atoms with Crippen LogP contribution < -0.4 is 9.47 Å². The summed E-state index contributed by atoms with van der Waals surface area (Å²) in [5, 5.41) is 9.25. The number of carbonyl (C=O) groups is 1. The molecule has 154 valence electrons. The fraction of sp³-hybridized carbons (Fsp3) is 0.435. The van der Waals surface area contributed by atoms with Crippen molar-refractivity contribution in [2.45, 2.75) is 37.4 Å². The standard InChI is InChI=1S/C23H26O6/c1-23(11-10-22(24)25,16-2-6-18(7-3-16)26-12-20-14-28-20)17-4-8-19(9-5-17)27-13-21-15-29-21/h2-9,20-21H,10-15H2,1H3,(H,24,25). The van der Waals surface area contributed by atoms with Crippen LogP contribution in [0.25, 0.3) is 0 Å². The van der Waals surface area contributed by atoms with Crippen molar-refractivity contribution in [2.24, 2.45) is 0 Å². The minimum Gasteiger partial charge on any atom is -0.491 e. The van der Waals surface area contributed by atoms with E-state index < -0.39 is 11.4 Å². The molecule has 0 radical (unpaired) electrons. The largest absolute Gasteiger partial charge is 0.491 e. The lowest BCUT2D eigenvalue weighted by molar-refractivity contribution is -0.137. The van der Waals surface area contributed by atoms with Gasteiger partial charge >= 0.3 is 5.97 Å². The Morgan fingerprint density at radius 3 is 1.69 bits per heavy atom. The van der Waals surface area contributed by atoms with Gasteiger partial charge in [-0.25, -0.2) is 0 Å². The lowest BCUT2D eigenvalue weighted by Crippen LogP contribution is -2.25. The van der Waals surface area contributed by atoms with Gasteiger partial charge in [-0.2, -0.15) is 0 Å². The first-order valence-corrected chi connectivity index (χ1v) is 9.94. The van der Waals surface area contributed by atoms with Crippen molar-refractivity contribution in [1.82, 2.24) is 0 Å². The minimum absolute atomic E-state index is 0.0883. The molecule has 6 heteroatoms.